The van der Waals surface area contributed by atoms with Crippen molar-refractivity contribution in [3.05, 3.63) is 139 Å². The second-order valence-corrected chi connectivity index (χ2v) is 8.97. The molecule has 0 heterocycles. The number of halogens is 4. The molecule has 0 aliphatic heterocycles. The quantitative estimate of drug-likeness (QED) is 0.187. The van der Waals surface area contributed by atoms with Gasteiger partial charge in [0, 0.05) is 25.5 Å². The Morgan fingerprint density at radius 1 is 0.419 bits per heavy atom. The van der Waals surface area contributed by atoms with Crippen molar-refractivity contribution in [1.82, 2.24) is 0 Å². The standard InChI is InChI=1S/C26H18Cl4.K.H/c27-22-9-1-18(2-10-22)17-26(19-3-11-23(28)12-4-19,20-5-13-24(29)14-6-20)21-7-15-25(30)16-8-21;;/h1-16H,17H2;;. The van der Waals surface area contributed by atoms with Crippen LogP contribution < -0.4 is 0 Å². The molecular weight excluding hydrogens is 493 g/mol. The summed E-state index contributed by atoms with van der Waals surface area (Å²) in [5.41, 5.74) is 4.09. The summed E-state index contributed by atoms with van der Waals surface area (Å²) < 4.78 is 0. The van der Waals surface area contributed by atoms with Crippen LogP contribution in [0.5, 0.6) is 0 Å². The Bertz CT molecular complexity index is 1010. The summed E-state index contributed by atoms with van der Waals surface area (Å²) in [4.78, 5) is 0. The zero-order valence-electron chi connectivity index (χ0n) is 16.0. The topological polar surface area (TPSA) is 0 Å². The molecule has 0 saturated carbocycles. The van der Waals surface area contributed by atoms with Gasteiger partial charge in [-0.05, 0) is 77.2 Å². The molecule has 0 fully saturated rings. The second-order valence-electron chi connectivity index (χ2n) is 7.23. The first-order chi connectivity index (χ1) is 14.5. The van der Waals surface area contributed by atoms with Gasteiger partial charge in [0.15, 0.2) is 0 Å². The fourth-order valence-electron chi connectivity index (χ4n) is 3.92. The van der Waals surface area contributed by atoms with Gasteiger partial charge in [0.25, 0.3) is 0 Å². The summed E-state index contributed by atoms with van der Waals surface area (Å²) in [6, 6.07) is 32.1. The summed E-state index contributed by atoms with van der Waals surface area (Å²) in [6.45, 7) is 0. The Hall–Kier alpha value is -0.324. The predicted octanol–water partition coefficient (Wildman–Crippen LogP) is 8.23. The van der Waals surface area contributed by atoms with Crippen molar-refractivity contribution in [3.8, 4) is 0 Å². The minimum atomic E-state index is -0.465. The normalized spacial score (nSPS) is 11.1. The molecule has 5 heteroatoms. The van der Waals surface area contributed by atoms with Gasteiger partial charge >= 0.3 is 51.4 Å². The van der Waals surface area contributed by atoms with Crippen molar-refractivity contribution in [2.75, 3.05) is 0 Å². The summed E-state index contributed by atoms with van der Waals surface area (Å²) in [7, 11) is 0. The average Bonchev–Trinajstić information content (AvgIpc) is 2.75. The van der Waals surface area contributed by atoms with E-state index >= 15 is 0 Å². The van der Waals surface area contributed by atoms with Crippen LogP contribution in [-0.2, 0) is 11.8 Å². The first-order valence-electron chi connectivity index (χ1n) is 9.50. The Morgan fingerprint density at radius 2 is 0.677 bits per heavy atom. The van der Waals surface area contributed by atoms with Crippen molar-refractivity contribution >= 4 is 97.8 Å². The zero-order valence-corrected chi connectivity index (χ0v) is 19.0. The molecule has 4 aromatic carbocycles. The van der Waals surface area contributed by atoms with Gasteiger partial charge < -0.3 is 0 Å². The predicted molar refractivity (Wildman–Crippen MR) is 137 cm³/mol. The van der Waals surface area contributed by atoms with E-state index in [9.17, 15) is 0 Å². The molecule has 0 spiro atoms. The summed E-state index contributed by atoms with van der Waals surface area (Å²) in [6.07, 6.45) is 0.731. The van der Waals surface area contributed by atoms with Crippen LogP contribution in [-0.4, -0.2) is 51.4 Å². The molecule has 31 heavy (non-hydrogen) atoms. The molecule has 0 N–H and O–H groups in total. The van der Waals surface area contributed by atoms with E-state index in [1.165, 1.54) is 5.56 Å². The van der Waals surface area contributed by atoms with Gasteiger partial charge in [-0.15, -0.1) is 0 Å². The zero-order chi connectivity index (χ0) is 21.1. The maximum absolute atomic E-state index is 6.22. The third-order valence-electron chi connectivity index (χ3n) is 5.39. The molecule has 0 nitrogen and oxygen atoms in total. The molecule has 0 aromatic heterocycles. The van der Waals surface area contributed by atoms with E-state index < -0.39 is 5.41 Å². The molecule has 0 amide bonds. The van der Waals surface area contributed by atoms with Gasteiger partial charge in [-0.2, -0.15) is 0 Å². The van der Waals surface area contributed by atoms with Crippen molar-refractivity contribution in [1.29, 1.82) is 0 Å². The van der Waals surface area contributed by atoms with Crippen LogP contribution in [0, 0.1) is 0 Å². The Kier molecular flexibility index (Phi) is 9.14. The molecule has 0 radical (unpaired) electrons. The van der Waals surface area contributed by atoms with Crippen molar-refractivity contribution in [2.24, 2.45) is 0 Å². The molecule has 0 unspecified atom stereocenters. The van der Waals surface area contributed by atoms with Gasteiger partial charge in [0.2, 0.25) is 0 Å². The summed E-state index contributed by atoms with van der Waals surface area (Å²) >= 11 is 24.8. The van der Waals surface area contributed by atoms with Crippen LogP contribution in [0.4, 0.5) is 0 Å². The maximum atomic E-state index is 6.22. The number of benzene rings is 4. The Balaban J connectivity index is 0.00000272. The average molecular weight is 512 g/mol. The monoisotopic (exact) mass is 510 g/mol. The van der Waals surface area contributed by atoms with Gasteiger partial charge in [-0.25, -0.2) is 0 Å². The van der Waals surface area contributed by atoms with Crippen LogP contribution in [0.3, 0.4) is 0 Å². The summed E-state index contributed by atoms with van der Waals surface area (Å²) in [5, 5.41) is 2.82. The first-order valence-corrected chi connectivity index (χ1v) is 11.0. The third kappa shape index (κ3) is 5.79. The van der Waals surface area contributed by atoms with Gasteiger partial charge in [0.05, 0.1) is 0 Å². The second kappa shape index (κ2) is 11.2. The van der Waals surface area contributed by atoms with Crippen LogP contribution in [0.1, 0.15) is 22.3 Å². The van der Waals surface area contributed by atoms with E-state index in [-0.39, 0.29) is 51.4 Å². The minimum absolute atomic E-state index is 0. The fourth-order valence-corrected chi connectivity index (χ4v) is 4.42. The Morgan fingerprint density at radius 3 is 0.968 bits per heavy atom. The van der Waals surface area contributed by atoms with Crippen LogP contribution in [0.15, 0.2) is 97.1 Å². The van der Waals surface area contributed by atoms with Gasteiger partial charge in [-0.1, -0.05) is 94.9 Å². The molecule has 4 rings (SSSR count). The van der Waals surface area contributed by atoms with Crippen molar-refractivity contribution < 1.29 is 0 Å². The molecule has 0 aliphatic carbocycles. The number of hydrogen-bond donors (Lipinski definition) is 0. The van der Waals surface area contributed by atoms with E-state index in [1.54, 1.807) is 0 Å². The van der Waals surface area contributed by atoms with Crippen LogP contribution >= 0.6 is 46.4 Å². The van der Waals surface area contributed by atoms with Crippen LogP contribution in [0.2, 0.25) is 20.1 Å². The fraction of sp³-hybridized carbons (Fsp3) is 0.0769. The Labute approximate surface area is 245 Å². The molecular formula is C26H19Cl4K. The number of rotatable bonds is 5. The third-order valence-corrected chi connectivity index (χ3v) is 6.40. The summed E-state index contributed by atoms with van der Waals surface area (Å²) in [5.74, 6) is 0. The van der Waals surface area contributed by atoms with E-state index in [0.717, 1.165) is 23.1 Å². The van der Waals surface area contributed by atoms with E-state index in [0.29, 0.717) is 20.1 Å². The van der Waals surface area contributed by atoms with Crippen molar-refractivity contribution in [3.63, 3.8) is 0 Å². The molecule has 4 aromatic rings. The molecule has 152 valence electrons. The van der Waals surface area contributed by atoms with E-state index in [4.69, 9.17) is 46.4 Å². The first kappa shape index (κ1) is 25.3. The molecule has 0 aliphatic rings. The molecule has 0 atom stereocenters. The van der Waals surface area contributed by atoms with E-state index in [2.05, 4.69) is 48.5 Å². The molecule has 0 saturated heterocycles. The number of hydrogen-bond acceptors (Lipinski definition) is 0. The van der Waals surface area contributed by atoms with Gasteiger partial charge in [-0.3, -0.25) is 0 Å². The van der Waals surface area contributed by atoms with Crippen LogP contribution in [0.25, 0.3) is 0 Å². The SMILES string of the molecule is Clc1ccc(CC(c2ccc(Cl)cc2)(c2ccc(Cl)cc2)c2ccc(Cl)cc2)cc1.[KH]. The van der Waals surface area contributed by atoms with Gasteiger partial charge in [0.1, 0.15) is 0 Å². The van der Waals surface area contributed by atoms with E-state index in [1.807, 2.05) is 48.5 Å². The van der Waals surface area contributed by atoms with Crippen molar-refractivity contribution in [2.45, 2.75) is 11.8 Å². The molecule has 0 bridgehead atoms.